The van der Waals surface area contributed by atoms with Gasteiger partial charge in [-0.1, -0.05) is 23.7 Å². The van der Waals surface area contributed by atoms with Gasteiger partial charge in [-0.25, -0.2) is 8.78 Å². The lowest BCUT2D eigenvalue weighted by molar-refractivity contribution is 0.107. The highest BCUT2D eigenvalue weighted by molar-refractivity contribution is 6.36. The predicted molar refractivity (Wildman–Crippen MR) is 162 cm³/mol. The van der Waals surface area contributed by atoms with Crippen molar-refractivity contribution in [1.29, 1.82) is 0 Å². The number of halogens is 3. The van der Waals surface area contributed by atoms with Gasteiger partial charge in [-0.2, -0.15) is 9.97 Å². The summed E-state index contributed by atoms with van der Waals surface area (Å²) >= 11 is 6.57. The normalized spacial score (nSPS) is 28.7. The number of fused-ring (bicyclic) bond motifs is 5. The molecular formula is C32H33ClF2N6O2. The van der Waals surface area contributed by atoms with E-state index in [1.165, 1.54) is 6.07 Å². The molecule has 8 nitrogen and oxygen atoms in total. The first-order valence-corrected chi connectivity index (χ1v) is 15.4. The summed E-state index contributed by atoms with van der Waals surface area (Å²) in [5.41, 5.74) is 0.0174. The lowest BCUT2D eigenvalue weighted by Crippen LogP contribution is -2.58. The maximum absolute atomic E-state index is 16.7. The number of anilines is 1. The quantitative estimate of drug-likeness (QED) is 0.302. The van der Waals surface area contributed by atoms with Crippen molar-refractivity contribution < 1.29 is 18.6 Å². The molecule has 0 radical (unpaired) electrons. The summed E-state index contributed by atoms with van der Waals surface area (Å²) in [6.07, 6.45) is 5.08. The summed E-state index contributed by atoms with van der Waals surface area (Å²) in [5.74, 6) is -0.0921. The van der Waals surface area contributed by atoms with E-state index in [0.717, 1.165) is 38.8 Å². The van der Waals surface area contributed by atoms with Gasteiger partial charge in [0.25, 0.3) is 0 Å². The van der Waals surface area contributed by atoms with Crippen LogP contribution in [0.4, 0.5) is 14.6 Å². The van der Waals surface area contributed by atoms with Crippen LogP contribution in [0.3, 0.4) is 0 Å². The monoisotopic (exact) mass is 606 g/mol. The van der Waals surface area contributed by atoms with Crippen LogP contribution in [0.1, 0.15) is 39.0 Å². The van der Waals surface area contributed by atoms with E-state index < -0.39 is 17.5 Å². The zero-order valence-corrected chi connectivity index (χ0v) is 24.7. The summed E-state index contributed by atoms with van der Waals surface area (Å²) in [4.78, 5) is 18.4. The third-order valence-corrected chi connectivity index (χ3v) is 10.2. The van der Waals surface area contributed by atoms with E-state index in [9.17, 15) is 9.50 Å². The number of phenols is 1. The molecule has 8 rings (SSSR count). The fraction of sp³-hybridized carbons (Fsp3) is 0.469. The predicted octanol–water partition coefficient (Wildman–Crippen LogP) is 5.63. The van der Waals surface area contributed by atoms with Gasteiger partial charge in [0.1, 0.15) is 35.6 Å². The highest BCUT2D eigenvalue weighted by Gasteiger charge is 2.49. The van der Waals surface area contributed by atoms with Gasteiger partial charge >= 0.3 is 6.01 Å². The van der Waals surface area contributed by atoms with Crippen LogP contribution in [-0.4, -0.2) is 81.0 Å². The second-order valence-corrected chi connectivity index (χ2v) is 13.4. The van der Waals surface area contributed by atoms with Gasteiger partial charge < -0.3 is 20.1 Å². The van der Waals surface area contributed by atoms with Crippen molar-refractivity contribution in [2.75, 3.05) is 37.7 Å². The molecule has 0 amide bonds. The molecule has 11 heteroatoms. The van der Waals surface area contributed by atoms with Crippen molar-refractivity contribution >= 4 is 39.1 Å². The van der Waals surface area contributed by atoms with Crippen LogP contribution in [0.15, 0.2) is 36.5 Å². The SMILES string of the molecule is C[C@@]12CC[C@H](CN(c3nc(OC[C@@]45CCCN4C[C@H](F)C5)nc4c(F)c(-c5cc(O)cc6cccc(Cl)c56)ncc34)C1)N2. The van der Waals surface area contributed by atoms with Crippen LogP contribution in [-0.2, 0) is 0 Å². The molecule has 2 bridgehead atoms. The number of nitrogens with zero attached hydrogens (tertiary/aromatic N) is 5. The molecule has 4 aliphatic rings. The zero-order chi connectivity index (χ0) is 29.5. The third-order valence-electron chi connectivity index (χ3n) is 9.92. The maximum atomic E-state index is 16.7. The van der Waals surface area contributed by atoms with E-state index >= 15 is 4.39 Å². The molecule has 4 saturated heterocycles. The van der Waals surface area contributed by atoms with E-state index in [0.29, 0.717) is 58.1 Å². The Labute approximate surface area is 253 Å². The maximum Gasteiger partial charge on any atom is 0.319 e. The van der Waals surface area contributed by atoms with Crippen molar-refractivity contribution in [2.45, 2.75) is 62.3 Å². The number of phenolic OH excluding ortho intramolecular Hbond substituents is 1. The minimum atomic E-state index is -0.885. The number of alkyl halides is 1. The molecule has 4 atom stereocenters. The lowest BCUT2D eigenvalue weighted by atomic mass is 9.95. The molecule has 0 aliphatic carbocycles. The highest BCUT2D eigenvalue weighted by Crippen LogP contribution is 2.42. The number of aromatic hydroxyl groups is 1. The number of aromatic nitrogens is 3. The summed E-state index contributed by atoms with van der Waals surface area (Å²) in [7, 11) is 0. The fourth-order valence-electron chi connectivity index (χ4n) is 8.02. The van der Waals surface area contributed by atoms with Gasteiger partial charge in [0.05, 0.1) is 10.9 Å². The van der Waals surface area contributed by atoms with Crippen LogP contribution in [0.5, 0.6) is 11.8 Å². The number of ether oxygens (including phenoxy) is 1. The minimum Gasteiger partial charge on any atom is -0.508 e. The molecule has 6 heterocycles. The molecule has 43 heavy (non-hydrogen) atoms. The molecule has 2 aromatic carbocycles. The third kappa shape index (κ3) is 4.48. The lowest BCUT2D eigenvalue weighted by Gasteiger charge is -2.40. The Bertz CT molecular complexity index is 1780. The Morgan fingerprint density at radius 2 is 2.09 bits per heavy atom. The first kappa shape index (κ1) is 27.2. The number of hydrogen-bond donors (Lipinski definition) is 2. The van der Waals surface area contributed by atoms with Crippen LogP contribution < -0.4 is 15.0 Å². The number of hydrogen-bond acceptors (Lipinski definition) is 8. The van der Waals surface area contributed by atoms with Crippen molar-refractivity contribution in [3.63, 3.8) is 0 Å². The average Bonchev–Trinajstić information content (AvgIpc) is 3.59. The number of pyridine rings is 1. The molecule has 224 valence electrons. The first-order chi connectivity index (χ1) is 20.7. The number of piperazine rings is 1. The Morgan fingerprint density at radius 3 is 2.95 bits per heavy atom. The second kappa shape index (κ2) is 9.84. The molecule has 2 N–H and O–H groups in total. The van der Waals surface area contributed by atoms with E-state index in [2.05, 4.69) is 32.0 Å². The van der Waals surface area contributed by atoms with Crippen LogP contribution in [0, 0.1) is 5.82 Å². The van der Waals surface area contributed by atoms with Crippen LogP contribution >= 0.6 is 11.6 Å². The Hall–Kier alpha value is -3.34. The van der Waals surface area contributed by atoms with Crippen LogP contribution in [0.2, 0.25) is 5.02 Å². The summed E-state index contributed by atoms with van der Waals surface area (Å²) in [6.45, 7) is 5.13. The average molecular weight is 607 g/mol. The highest BCUT2D eigenvalue weighted by atomic mass is 35.5. The van der Waals surface area contributed by atoms with E-state index in [-0.39, 0.29) is 35.1 Å². The molecule has 0 unspecified atom stereocenters. The number of benzene rings is 2. The largest absolute Gasteiger partial charge is 0.508 e. The van der Waals surface area contributed by atoms with Gasteiger partial charge in [-0.3, -0.25) is 9.88 Å². The molecule has 2 aromatic heterocycles. The second-order valence-electron chi connectivity index (χ2n) is 13.0. The van der Waals surface area contributed by atoms with Crippen molar-refractivity contribution in [3.05, 3.63) is 47.4 Å². The van der Waals surface area contributed by atoms with Gasteiger partial charge in [-0.15, -0.1) is 0 Å². The van der Waals surface area contributed by atoms with Gasteiger partial charge in [0, 0.05) is 59.8 Å². The Kier molecular flexibility index (Phi) is 6.23. The molecule has 4 aliphatic heterocycles. The number of rotatable bonds is 5. The zero-order valence-electron chi connectivity index (χ0n) is 23.9. The van der Waals surface area contributed by atoms with Gasteiger partial charge in [0.2, 0.25) is 0 Å². The van der Waals surface area contributed by atoms with E-state index in [1.807, 2.05) is 6.07 Å². The van der Waals surface area contributed by atoms with Crippen molar-refractivity contribution in [1.82, 2.24) is 25.2 Å². The fourth-order valence-corrected chi connectivity index (χ4v) is 8.30. The first-order valence-electron chi connectivity index (χ1n) is 15.0. The summed E-state index contributed by atoms with van der Waals surface area (Å²) < 4.78 is 37.4. The van der Waals surface area contributed by atoms with Crippen LogP contribution in [0.25, 0.3) is 32.9 Å². The van der Waals surface area contributed by atoms with Crippen molar-refractivity contribution in [2.24, 2.45) is 0 Å². The Morgan fingerprint density at radius 1 is 1.21 bits per heavy atom. The number of nitrogens with one attached hydrogen (secondary N) is 1. The van der Waals surface area contributed by atoms with E-state index in [4.69, 9.17) is 21.3 Å². The van der Waals surface area contributed by atoms with Gasteiger partial charge in [-0.05, 0) is 62.7 Å². The summed E-state index contributed by atoms with van der Waals surface area (Å²) in [6, 6.07) is 8.75. The smallest absolute Gasteiger partial charge is 0.319 e. The minimum absolute atomic E-state index is 0.0221. The molecule has 0 spiro atoms. The van der Waals surface area contributed by atoms with Gasteiger partial charge in [0.15, 0.2) is 5.82 Å². The molecule has 4 fully saturated rings. The van der Waals surface area contributed by atoms with E-state index in [1.54, 1.807) is 24.4 Å². The molecule has 0 saturated carbocycles. The van der Waals surface area contributed by atoms with Crippen molar-refractivity contribution in [3.8, 4) is 23.0 Å². The summed E-state index contributed by atoms with van der Waals surface area (Å²) in [5, 5.41) is 16.4. The molecule has 4 aromatic rings. The topological polar surface area (TPSA) is 86.6 Å². The standard InChI is InChI=1S/C32H33ClF2N6O2/c1-31-8-6-20(39-31)15-40(16-31)29-23-13-36-27(22-11-21(42)10-18-4-2-5-24(33)25(18)22)26(35)28(23)37-30(38-29)43-17-32-7-3-9-41(32)14-19(34)12-32/h2,4-5,10-11,13,19-20,39,42H,3,6-9,12,14-17H2,1H3/t19-,20-,31-,32+/m1/s1. The molecular weight excluding hydrogens is 574 g/mol. The Balaban J connectivity index is 1.26.